The number of hydrogen-bond acceptors (Lipinski definition) is 4. The predicted molar refractivity (Wildman–Crippen MR) is 91.8 cm³/mol. The zero-order valence-corrected chi connectivity index (χ0v) is 14.9. The number of amides is 2. The Labute approximate surface area is 150 Å². The average molecular weight is 360 g/mol. The van der Waals surface area contributed by atoms with Crippen molar-refractivity contribution < 1.29 is 23.5 Å². The minimum atomic E-state index is -0.772. The summed E-state index contributed by atoms with van der Waals surface area (Å²) in [5.74, 6) is -1.51. The predicted octanol–water partition coefficient (Wildman–Crippen LogP) is 2.81. The molecule has 1 aliphatic carbocycles. The van der Waals surface area contributed by atoms with Crippen molar-refractivity contribution >= 4 is 11.8 Å². The Bertz CT molecular complexity index is 872. The first-order chi connectivity index (χ1) is 12.2. The fraction of sp³-hybridized carbons (Fsp3) is 0.368. The Balaban J connectivity index is 1.75. The van der Waals surface area contributed by atoms with Gasteiger partial charge in [-0.3, -0.25) is 20.4 Å². The first-order valence-corrected chi connectivity index (χ1v) is 8.35. The molecule has 0 spiro atoms. The first-order valence-electron chi connectivity index (χ1n) is 8.35. The smallest absolute Gasteiger partial charge is 0.305 e. The molecule has 0 aliphatic heterocycles. The molecule has 0 saturated carbocycles. The van der Waals surface area contributed by atoms with Crippen molar-refractivity contribution in [3.8, 4) is 0 Å². The van der Waals surface area contributed by atoms with E-state index < -0.39 is 23.7 Å². The van der Waals surface area contributed by atoms with Crippen LogP contribution in [0.3, 0.4) is 0 Å². The van der Waals surface area contributed by atoms with E-state index in [1.54, 1.807) is 6.92 Å². The van der Waals surface area contributed by atoms with E-state index >= 15 is 0 Å². The molecule has 6 nitrogen and oxygen atoms in total. The number of hydrogen-bond donors (Lipinski definition) is 3. The number of benzene rings is 1. The number of nitrogens with one attached hydrogen (secondary N) is 2. The molecule has 1 aromatic heterocycles. The summed E-state index contributed by atoms with van der Waals surface area (Å²) in [6, 6.07) is 5.46. The number of fused-ring (bicyclic) bond motifs is 1. The van der Waals surface area contributed by atoms with Crippen molar-refractivity contribution in [2.24, 2.45) is 5.41 Å². The molecular weight excluding hydrogens is 339 g/mol. The highest BCUT2D eigenvalue weighted by atomic mass is 19.1. The second kappa shape index (κ2) is 6.57. The molecular formula is C19H21FN2O4. The third-order valence-corrected chi connectivity index (χ3v) is 4.60. The molecule has 0 fully saturated rings. The number of furan rings is 1. The molecule has 7 heteroatoms. The second-order valence-electron chi connectivity index (χ2n) is 7.34. The van der Waals surface area contributed by atoms with Crippen molar-refractivity contribution in [3.63, 3.8) is 0 Å². The van der Waals surface area contributed by atoms with E-state index in [1.165, 1.54) is 18.2 Å². The van der Waals surface area contributed by atoms with Crippen molar-refractivity contribution in [2.45, 2.75) is 39.7 Å². The summed E-state index contributed by atoms with van der Waals surface area (Å²) in [6.45, 7) is 5.73. The number of aliphatic hydroxyl groups is 1. The topological polar surface area (TPSA) is 91.6 Å². The van der Waals surface area contributed by atoms with Gasteiger partial charge in [0.2, 0.25) is 0 Å². The van der Waals surface area contributed by atoms with Gasteiger partial charge in [0, 0.05) is 17.5 Å². The van der Waals surface area contributed by atoms with E-state index in [2.05, 4.69) is 10.9 Å². The van der Waals surface area contributed by atoms with Crippen molar-refractivity contribution in [2.75, 3.05) is 0 Å². The lowest BCUT2D eigenvalue weighted by atomic mass is 9.75. The van der Waals surface area contributed by atoms with Crippen molar-refractivity contribution in [1.82, 2.24) is 10.9 Å². The van der Waals surface area contributed by atoms with E-state index in [9.17, 15) is 19.1 Å². The van der Waals surface area contributed by atoms with Crippen LogP contribution in [0.5, 0.6) is 0 Å². The molecule has 0 radical (unpaired) electrons. The molecule has 1 atom stereocenters. The summed E-state index contributed by atoms with van der Waals surface area (Å²) in [5, 5.41) is 10.4. The molecule has 138 valence electrons. The molecule has 1 unspecified atom stereocenters. The van der Waals surface area contributed by atoms with Gasteiger partial charge in [0.05, 0.1) is 11.7 Å². The lowest BCUT2D eigenvalue weighted by molar-refractivity contribution is 0.0820. The van der Waals surface area contributed by atoms with Gasteiger partial charge in [-0.05, 0) is 30.9 Å². The molecule has 2 amide bonds. The summed E-state index contributed by atoms with van der Waals surface area (Å²) in [6.07, 6.45) is 0.479. The maximum Gasteiger partial charge on any atom is 0.305 e. The summed E-state index contributed by atoms with van der Waals surface area (Å²) in [5.41, 5.74) is 5.26. The van der Waals surface area contributed by atoms with Gasteiger partial charge in [0.25, 0.3) is 5.91 Å². The summed E-state index contributed by atoms with van der Waals surface area (Å²) in [4.78, 5) is 24.4. The highest BCUT2D eigenvalue weighted by molar-refractivity contribution is 5.98. The maximum atomic E-state index is 13.6. The molecule has 3 rings (SSSR count). The minimum absolute atomic E-state index is 0.0283. The third-order valence-electron chi connectivity index (χ3n) is 4.60. The fourth-order valence-corrected chi connectivity index (χ4v) is 3.39. The van der Waals surface area contributed by atoms with Gasteiger partial charge >= 0.3 is 5.91 Å². The van der Waals surface area contributed by atoms with E-state index in [1.807, 2.05) is 13.8 Å². The lowest BCUT2D eigenvalue weighted by Crippen LogP contribution is -2.42. The van der Waals surface area contributed by atoms with Gasteiger partial charge in [-0.1, -0.05) is 26.0 Å². The van der Waals surface area contributed by atoms with Gasteiger partial charge in [-0.2, -0.15) is 0 Å². The van der Waals surface area contributed by atoms with Gasteiger partial charge in [0.15, 0.2) is 5.76 Å². The summed E-state index contributed by atoms with van der Waals surface area (Å²) < 4.78 is 19.3. The van der Waals surface area contributed by atoms with Crippen LogP contribution in [0.1, 0.15) is 64.2 Å². The maximum absolute atomic E-state index is 13.6. The standard InChI is InChI=1S/C19H21FN2O4/c1-10-15-13(23)8-19(2,3)9-14(15)26-16(10)18(25)22-21-17(24)11-6-4-5-7-12(11)20/h4-7,13,23H,8-9H2,1-3H3,(H,21,24)(H,22,25). The van der Waals surface area contributed by atoms with E-state index in [0.717, 1.165) is 6.07 Å². The van der Waals surface area contributed by atoms with Crippen LogP contribution in [0, 0.1) is 18.2 Å². The fourth-order valence-electron chi connectivity index (χ4n) is 3.39. The van der Waals surface area contributed by atoms with Crippen LogP contribution < -0.4 is 10.9 Å². The molecule has 0 saturated heterocycles. The largest absolute Gasteiger partial charge is 0.455 e. The van der Waals surface area contributed by atoms with Crippen molar-refractivity contribution in [1.29, 1.82) is 0 Å². The number of carbonyl (C=O) groups is 2. The molecule has 26 heavy (non-hydrogen) atoms. The van der Waals surface area contributed by atoms with Crippen LogP contribution in [-0.4, -0.2) is 16.9 Å². The molecule has 0 bridgehead atoms. The SMILES string of the molecule is Cc1c(C(=O)NNC(=O)c2ccccc2F)oc2c1C(O)CC(C)(C)C2. The van der Waals surface area contributed by atoms with Crippen LogP contribution in [0.2, 0.25) is 0 Å². The number of halogens is 1. The Morgan fingerprint density at radius 1 is 1.23 bits per heavy atom. The normalized spacial score (nSPS) is 18.1. The van der Waals surface area contributed by atoms with Crippen LogP contribution in [-0.2, 0) is 6.42 Å². The van der Waals surface area contributed by atoms with Crippen LogP contribution in [0.4, 0.5) is 4.39 Å². The number of aliphatic hydroxyl groups excluding tert-OH is 1. The summed E-state index contributed by atoms with van der Waals surface area (Å²) >= 11 is 0. The Hall–Kier alpha value is -2.67. The average Bonchev–Trinajstić information content (AvgIpc) is 2.88. The van der Waals surface area contributed by atoms with Crippen LogP contribution in [0.25, 0.3) is 0 Å². The number of rotatable bonds is 2. The van der Waals surface area contributed by atoms with Gasteiger partial charge in [0.1, 0.15) is 11.6 Å². The second-order valence-corrected chi connectivity index (χ2v) is 7.34. The third kappa shape index (κ3) is 3.35. The monoisotopic (exact) mass is 360 g/mol. The van der Waals surface area contributed by atoms with Gasteiger partial charge in [-0.15, -0.1) is 0 Å². The highest BCUT2D eigenvalue weighted by Gasteiger charge is 2.37. The van der Waals surface area contributed by atoms with Crippen LogP contribution >= 0.6 is 0 Å². The van der Waals surface area contributed by atoms with E-state index in [-0.39, 0.29) is 16.7 Å². The van der Waals surface area contributed by atoms with E-state index in [0.29, 0.717) is 29.7 Å². The zero-order chi connectivity index (χ0) is 19.1. The zero-order valence-electron chi connectivity index (χ0n) is 14.9. The highest BCUT2D eigenvalue weighted by Crippen LogP contribution is 2.43. The quantitative estimate of drug-likeness (QED) is 0.718. The van der Waals surface area contributed by atoms with Gasteiger partial charge < -0.3 is 9.52 Å². The Morgan fingerprint density at radius 2 is 1.88 bits per heavy atom. The molecule has 2 aromatic rings. The molecule has 1 aromatic carbocycles. The Kier molecular flexibility index (Phi) is 4.58. The number of carbonyl (C=O) groups excluding carboxylic acids is 2. The minimum Gasteiger partial charge on any atom is -0.455 e. The van der Waals surface area contributed by atoms with Crippen LogP contribution in [0.15, 0.2) is 28.7 Å². The van der Waals surface area contributed by atoms with E-state index in [4.69, 9.17) is 4.42 Å². The van der Waals surface area contributed by atoms with Crippen molar-refractivity contribution in [3.05, 3.63) is 58.3 Å². The molecule has 3 N–H and O–H groups in total. The Morgan fingerprint density at radius 3 is 2.58 bits per heavy atom. The molecule has 1 heterocycles. The number of hydrazine groups is 1. The molecule has 1 aliphatic rings. The van der Waals surface area contributed by atoms with Gasteiger partial charge in [-0.25, -0.2) is 4.39 Å². The first kappa shape index (κ1) is 18.1. The lowest BCUT2D eigenvalue weighted by Gasteiger charge is -2.31. The summed E-state index contributed by atoms with van der Waals surface area (Å²) in [7, 11) is 0.